The summed E-state index contributed by atoms with van der Waals surface area (Å²) in [6.45, 7) is 0. The van der Waals surface area contributed by atoms with Gasteiger partial charge in [0.15, 0.2) is 0 Å². The molecule has 19 heavy (non-hydrogen) atoms. The normalized spacial score (nSPS) is 12.5. The highest BCUT2D eigenvalue weighted by Crippen LogP contribution is 2.35. The van der Waals surface area contributed by atoms with E-state index in [4.69, 9.17) is 23.2 Å². The van der Waals surface area contributed by atoms with Crippen LogP contribution in [0.5, 0.6) is 0 Å². The van der Waals surface area contributed by atoms with Crippen LogP contribution >= 0.6 is 39.1 Å². The van der Waals surface area contributed by atoms with E-state index in [1.54, 1.807) is 0 Å². The van der Waals surface area contributed by atoms with Crippen molar-refractivity contribution in [2.45, 2.75) is 5.38 Å². The van der Waals surface area contributed by atoms with Crippen LogP contribution in [0.25, 0.3) is 0 Å². The van der Waals surface area contributed by atoms with Crippen molar-refractivity contribution < 1.29 is 13.2 Å². The van der Waals surface area contributed by atoms with Gasteiger partial charge in [-0.2, -0.15) is 0 Å². The van der Waals surface area contributed by atoms with Crippen LogP contribution in [0.3, 0.4) is 0 Å². The van der Waals surface area contributed by atoms with Crippen molar-refractivity contribution in [2.24, 2.45) is 0 Å². The zero-order valence-corrected chi connectivity index (χ0v) is 12.3. The Kier molecular flexibility index (Phi) is 4.43. The molecule has 0 saturated carbocycles. The van der Waals surface area contributed by atoms with E-state index >= 15 is 0 Å². The first-order chi connectivity index (χ1) is 8.90. The maximum atomic E-state index is 13.8. The lowest BCUT2D eigenvalue weighted by atomic mass is 10.0. The minimum atomic E-state index is -1.17. The van der Waals surface area contributed by atoms with Crippen molar-refractivity contribution in [1.29, 1.82) is 0 Å². The molecular weight excluding hydrogens is 364 g/mol. The largest absolute Gasteiger partial charge is 0.207 e. The SMILES string of the molecule is Fc1cc(C(Cl)c2cc(Cl)ccc2F)c(F)cc1Br. The molecule has 0 aliphatic rings. The molecule has 2 aromatic carbocycles. The molecule has 0 saturated heterocycles. The molecule has 0 nitrogen and oxygen atoms in total. The summed E-state index contributed by atoms with van der Waals surface area (Å²) in [6, 6.07) is 5.64. The second-order valence-electron chi connectivity index (χ2n) is 3.82. The highest BCUT2D eigenvalue weighted by atomic mass is 79.9. The van der Waals surface area contributed by atoms with Crippen molar-refractivity contribution in [3.05, 3.63) is 68.4 Å². The van der Waals surface area contributed by atoms with Crippen molar-refractivity contribution in [1.82, 2.24) is 0 Å². The van der Waals surface area contributed by atoms with Gasteiger partial charge in [-0.3, -0.25) is 0 Å². The van der Waals surface area contributed by atoms with Crippen LogP contribution in [0.2, 0.25) is 5.02 Å². The van der Waals surface area contributed by atoms with Crippen LogP contribution in [0.1, 0.15) is 16.5 Å². The number of benzene rings is 2. The predicted octanol–water partition coefficient (Wildman–Crippen LogP) is 5.85. The average molecular weight is 370 g/mol. The van der Waals surface area contributed by atoms with E-state index in [-0.39, 0.29) is 20.6 Å². The van der Waals surface area contributed by atoms with E-state index in [2.05, 4.69) is 15.9 Å². The Hall–Kier alpha value is -0.710. The number of rotatable bonds is 2. The average Bonchev–Trinajstić information content (AvgIpc) is 2.36. The van der Waals surface area contributed by atoms with Gasteiger partial charge in [0.05, 0.1) is 9.85 Å². The van der Waals surface area contributed by atoms with Gasteiger partial charge >= 0.3 is 0 Å². The Morgan fingerprint density at radius 3 is 2.21 bits per heavy atom. The summed E-state index contributed by atoms with van der Waals surface area (Å²) >= 11 is 14.6. The van der Waals surface area contributed by atoms with Crippen LogP contribution in [0.4, 0.5) is 13.2 Å². The van der Waals surface area contributed by atoms with Gasteiger partial charge in [0.2, 0.25) is 0 Å². The number of hydrogen-bond acceptors (Lipinski definition) is 0. The first kappa shape index (κ1) is 14.7. The Morgan fingerprint density at radius 1 is 0.895 bits per heavy atom. The molecule has 0 aromatic heterocycles. The second-order valence-corrected chi connectivity index (χ2v) is 5.54. The molecule has 0 fully saturated rings. The van der Waals surface area contributed by atoms with E-state index in [1.165, 1.54) is 12.1 Å². The molecule has 2 rings (SSSR count). The summed E-state index contributed by atoms with van der Waals surface area (Å²) < 4.78 is 40.8. The van der Waals surface area contributed by atoms with Gasteiger partial charge in [-0.25, -0.2) is 13.2 Å². The fraction of sp³-hybridized carbons (Fsp3) is 0.0769. The van der Waals surface area contributed by atoms with Gasteiger partial charge in [0.25, 0.3) is 0 Å². The van der Waals surface area contributed by atoms with Crippen LogP contribution < -0.4 is 0 Å². The Morgan fingerprint density at radius 2 is 1.53 bits per heavy atom. The molecule has 0 radical (unpaired) electrons. The monoisotopic (exact) mass is 368 g/mol. The molecule has 0 amide bonds. The second kappa shape index (κ2) is 5.73. The molecule has 1 unspecified atom stereocenters. The number of halogens is 6. The first-order valence-electron chi connectivity index (χ1n) is 5.13. The van der Waals surface area contributed by atoms with Crippen molar-refractivity contribution in [3.8, 4) is 0 Å². The van der Waals surface area contributed by atoms with E-state index in [9.17, 15) is 13.2 Å². The zero-order chi connectivity index (χ0) is 14.2. The van der Waals surface area contributed by atoms with Gasteiger partial charge in [0.1, 0.15) is 17.5 Å². The van der Waals surface area contributed by atoms with Crippen LogP contribution in [-0.2, 0) is 0 Å². The predicted molar refractivity (Wildman–Crippen MR) is 73.2 cm³/mol. The number of hydrogen-bond donors (Lipinski definition) is 0. The molecular formula is C13H6BrCl2F3. The molecule has 6 heteroatoms. The van der Waals surface area contributed by atoms with Crippen molar-refractivity contribution in [3.63, 3.8) is 0 Å². The molecule has 2 aromatic rings. The molecule has 0 heterocycles. The molecule has 1 atom stereocenters. The highest BCUT2D eigenvalue weighted by molar-refractivity contribution is 9.10. The number of alkyl halides is 1. The lowest BCUT2D eigenvalue weighted by Gasteiger charge is -2.13. The highest BCUT2D eigenvalue weighted by Gasteiger charge is 2.21. The fourth-order valence-corrected chi connectivity index (χ4v) is 2.44. The maximum Gasteiger partial charge on any atom is 0.137 e. The van der Waals surface area contributed by atoms with Gasteiger partial charge in [0, 0.05) is 16.1 Å². The van der Waals surface area contributed by atoms with Crippen molar-refractivity contribution >= 4 is 39.1 Å². The lowest BCUT2D eigenvalue weighted by molar-refractivity contribution is 0.576. The summed E-state index contributed by atoms with van der Waals surface area (Å²) in [6.07, 6.45) is 0. The van der Waals surface area contributed by atoms with E-state index < -0.39 is 22.8 Å². The summed E-state index contributed by atoms with van der Waals surface area (Å²) in [5, 5.41) is -0.902. The van der Waals surface area contributed by atoms with E-state index in [0.29, 0.717) is 0 Å². The Labute approximate surface area is 126 Å². The van der Waals surface area contributed by atoms with Crippen LogP contribution in [-0.4, -0.2) is 0 Å². The quantitative estimate of drug-likeness (QED) is 0.460. The molecule has 0 spiro atoms. The molecule has 0 aliphatic heterocycles. The first-order valence-corrected chi connectivity index (χ1v) is 6.74. The minimum absolute atomic E-state index is 0.00482. The summed E-state index contributed by atoms with van der Waals surface area (Å²) in [4.78, 5) is 0. The summed E-state index contributed by atoms with van der Waals surface area (Å²) in [5.41, 5.74) is -0.154. The third-order valence-electron chi connectivity index (χ3n) is 2.54. The van der Waals surface area contributed by atoms with Crippen LogP contribution in [0, 0.1) is 17.5 Å². The third kappa shape index (κ3) is 3.07. The molecule has 100 valence electrons. The van der Waals surface area contributed by atoms with Gasteiger partial charge in [-0.1, -0.05) is 11.6 Å². The van der Waals surface area contributed by atoms with E-state index in [0.717, 1.165) is 18.2 Å². The van der Waals surface area contributed by atoms with Gasteiger partial charge < -0.3 is 0 Å². The molecule has 0 N–H and O–H groups in total. The Balaban J connectivity index is 2.52. The fourth-order valence-electron chi connectivity index (χ4n) is 1.61. The van der Waals surface area contributed by atoms with Crippen LogP contribution in [0.15, 0.2) is 34.8 Å². The minimum Gasteiger partial charge on any atom is -0.207 e. The molecule has 0 aliphatic carbocycles. The van der Waals surface area contributed by atoms with Gasteiger partial charge in [-0.15, -0.1) is 11.6 Å². The smallest absolute Gasteiger partial charge is 0.137 e. The summed E-state index contributed by atoms with van der Waals surface area (Å²) in [5.74, 6) is -2.04. The zero-order valence-electron chi connectivity index (χ0n) is 9.23. The third-order valence-corrected chi connectivity index (χ3v) is 3.86. The standard InChI is InChI=1S/C13H6BrCl2F3/c14-9-5-11(18)8(4-12(9)19)13(16)7-3-6(15)1-2-10(7)17/h1-5,13H. The van der Waals surface area contributed by atoms with Crippen molar-refractivity contribution in [2.75, 3.05) is 0 Å². The Bertz CT molecular complexity index is 632. The lowest BCUT2D eigenvalue weighted by Crippen LogP contribution is -2.01. The molecule has 0 bridgehead atoms. The maximum absolute atomic E-state index is 13.8. The summed E-state index contributed by atoms with van der Waals surface area (Å²) in [7, 11) is 0. The topological polar surface area (TPSA) is 0 Å². The van der Waals surface area contributed by atoms with E-state index in [1.807, 2.05) is 0 Å². The van der Waals surface area contributed by atoms with Gasteiger partial charge in [-0.05, 0) is 46.3 Å².